The SMILES string of the molecule is CCNS(=O)(=O)CCNC(=O)c1csc(C(=O)OCC)n1. The number of ether oxygens (including phenoxy) is 1. The van der Waals surface area contributed by atoms with Crippen molar-refractivity contribution in [1.29, 1.82) is 0 Å². The van der Waals surface area contributed by atoms with Crippen LogP contribution in [0, 0.1) is 0 Å². The van der Waals surface area contributed by atoms with Crippen LogP contribution in [-0.4, -0.2) is 50.7 Å². The summed E-state index contributed by atoms with van der Waals surface area (Å²) in [5.41, 5.74) is 0.0592. The van der Waals surface area contributed by atoms with Gasteiger partial charge in [0.15, 0.2) is 0 Å². The van der Waals surface area contributed by atoms with Gasteiger partial charge in [-0.3, -0.25) is 4.79 Å². The molecule has 1 aromatic rings. The third kappa shape index (κ3) is 5.78. The molecule has 1 heterocycles. The van der Waals surface area contributed by atoms with E-state index in [0.717, 1.165) is 11.3 Å². The molecule has 0 radical (unpaired) electrons. The van der Waals surface area contributed by atoms with E-state index >= 15 is 0 Å². The van der Waals surface area contributed by atoms with Gasteiger partial charge in [0.05, 0.1) is 12.4 Å². The van der Waals surface area contributed by atoms with Crippen molar-refractivity contribution in [3.8, 4) is 0 Å². The molecule has 0 saturated heterocycles. The molecule has 0 unspecified atom stereocenters. The maximum atomic E-state index is 11.7. The molecule has 2 N–H and O–H groups in total. The van der Waals surface area contributed by atoms with Gasteiger partial charge in [-0.05, 0) is 6.92 Å². The predicted octanol–water partition coefficient (Wildman–Crippen LogP) is -0.0111. The Morgan fingerprint density at radius 1 is 1.38 bits per heavy atom. The van der Waals surface area contributed by atoms with E-state index in [9.17, 15) is 18.0 Å². The summed E-state index contributed by atoms with van der Waals surface area (Å²) in [4.78, 5) is 27.0. The average Bonchev–Trinajstić information content (AvgIpc) is 2.88. The van der Waals surface area contributed by atoms with Crippen molar-refractivity contribution < 1.29 is 22.7 Å². The van der Waals surface area contributed by atoms with Crippen molar-refractivity contribution in [2.24, 2.45) is 0 Å². The molecule has 1 aromatic heterocycles. The fourth-order valence-electron chi connectivity index (χ4n) is 1.35. The fraction of sp³-hybridized carbons (Fsp3) is 0.545. The van der Waals surface area contributed by atoms with Gasteiger partial charge in [0.25, 0.3) is 5.91 Å². The lowest BCUT2D eigenvalue weighted by molar-refractivity contribution is 0.0526. The van der Waals surface area contributed by atoms with E-state index in [4.69, 9.17) is 4.74 Å². The number of sulfonamides is 1. The number of thiazole rings is 1. The van der Waals surface area contributed by atoms with Gasteiger partial charge in [-0.2, -0.15) is 0 Å². The van der Waals surface area contributed by atoms with Crippen LogP contribution in [0.25, 0.3) is 0 Å². The lowest BCUT2D eigenvalue weighted by Gasteiger charge is -2.05. The highest BCUT2D eigenvalue weighted by atomic mass is 32.2. The molecule has 21 heavy (non-hydrogen) atoms. The van der Waals surface area contributed by atoms with Gasteiger partial charge >= 0.3 is 5.97 Å². The molecule has 0 spiro atoms. The molecule has 1 amide bonds. The zero-order valence-electron chi connectivity index (χ0n) is 11.7. The molecule has 0 aromatic carbocycles. The van der Waals surface area contributed by atoms with E-state index in [1.807, 2.05) is 0 Å². The standard InChI is InChI=1S/C11H17N3O5S2/c1-3-13-21(17,18)6-5-12-9(15)8-7-20-10(14-8)11(16)19-4-2/h7,13H,3-6H2,1-2H3,(H,12,15). The van der Waals surface area contributed by atoms with Crippen LogP contribution < -0.4 is 10.0 Å². The summed E-state index contributed by atoms with van der Waals surface area (Å²) >= 11 is 0.996. The topological polar surface area (TPSA) is 114 Å². The smallest absolute Gasteiger partial charge is 0.367 e. The first-order chi connectivity index (χ1) is 9.89. The molecule has 0 atom stereocenters. The average molecular weight is 335 g/mol. The van der Waals surface area contributed by atoms with Gasteiger partial charge < -0.3 is 10.1 Å². The Labute approximate surface area is 127 Å². The maximum Gasteiger partial charge on any atom is 0.367 e. The second-order valence-corrected chi connectivity index (χ2v) is 6.62. The number of carbonyl (C=O) groups is 2. The van der Waals surface area contributed by atoms with Gasteiger partial charge in [0.2, 0.25) is 15.0 Å². The molecule has 10 heteroatoms. The van der Waals surface area contributed by atoms with Crippen molar-refractivity contribution in [3.05, 3.63) is 16.1 Å². The Hall–Kier alpha value is -1.52. The first-order valence-corrected chi connectivity index (χ1v) is 8.81. The van der Waals surface area contributed by atoms with Crippen LogP contribution in [0.15, 0.2) is 5.38 Å². The summed E-state index contributed by atoms with van der Waals surface area (Å²) in [6.45, 7) is 3.82. The highest BCUT2D eigenvalue weighted by Gasteiger charge is 2.16. The van der Waals surface area contributed by atoms with Crippen LogP contribution in [0.1, 0.15) is 34.1 Å². The van der Waals surface area contributed by atoms with Gasteiger partial charge in [0, 0.05) is 18.5 Å². The van der Waals surface area contributed by atoms with Crippen LogP contribution in [0.4, 0.5) is 0 Å². The van der Waals surface area contributed by atoms with E-state index in [0.29, 0.717) is 6.54 Å². The fourth-order valence-corrected chi connectivity index (χ4v) is 2.99. The van der Waals surface area contributed by atoms with Crippen molar-refractivity contribution in [1.82, 2.24) is 15.0 Å². The molecule has 0 bridgehead atoms. The number of rotatable bonds is 8. The Morgan fingerprint density at radius 3 is 2.71 bits per heavy atom. The minimum absolute atomic E-state index is 0.0412. The number of hydrogen-bond donors (Lipinski definition) is 2. The molecule has 0 aliphatic carbocycles. The zero-order chi connectivity index (χ0) is 15.9. The Morgan fingerprint density at radius 2 is 2.10 bits per heavy atom. The van der Waals surface area contributed by atoms with Crippen molar-refractivity contribution >= 4 is 33.2 Å². The minimum atomic E-state index is -3.38. The number of amides is 1. The first kappa shape index (κ1) is 17.5. The maximum absolute atomic E-state index is 11.7. The second-order valence-electron chi connectivity index (χ2n) is 3.83. The van der Waals surface area contributed by atoms with Gasteiger partial charge in [-0.15, -0.1) is 11.3 Å². The van der Waals surface area contributed by atoms with E-state index in [2.05, 4.69) is 15.0 Å². The lowest BCUT2D eigenvalue weighted by atomic mass is 10.4. The van der Waals surface area contributed by atoms with E-state index in [1.165, 1.54) is 5.38 Å². The largest absolute Gasteiger partial charge is 0.461 e. The molecule has 0 aliphatic heterocycles. The summed E-state index contributed by atoms with van der Waals surface area (Å²) in [5, 5.41) is 3.93. The van der Waals surface area contributed by atoms with Crippen molar-refractivity contribution in [2.75, 3.05) is 25.4 Å². The number of esters is 1. The minimum Gasteiger partial charge on any atom is -0.461 e. The molecule has 8 nitrogen and oxygen atoms in total. The van der Waals surface area contributed by atoms with Crippen LogP contribution >= 0.6 is 11.3 Å². The van der Waals surface area contributed by atoms with Crippen LogP contribution in [0.5, 0.6) is 0 Å². The molecule has 118 valence electrons. The molecular formula is C11H17N3O5S2. The van der Waals surface area contributed by atoms with Crippen LogP contribution in [0.2, 0.25) is 0 Å². The Kier molecular flexibility index (Phi) is 6.72. The molecular weight excluding hydrogens is 318 g/mol. The molecule has 0 aliphatic rings. The number of hydrogen-bond acceptors (Lipinski definition) is 7. The van der Waals surface area contributed by atoms with Gasteiger partial charge in [-0.1, -0.05) is 6.92 Å². The second kappa shape index (κ2) is 8.05. The van der Waals surface area contributed by atoms with E-state index < -0.39 is 21.9 Å². The summed E-state index contributed by atoms with van der Waals surface area (Å²) < 4.78 is 29.8. The number of carbonyl (C=O) groups excluding carboxylic acids is 2. The van der Waals surface area contributed by atoms with E-state index in [-0.39, 0.29) is 29.6 Å². The summed E-state index contributed by atoms with van der Waals surface area (Å²) in [7, 11) is -3.38. The number of aromatic nitrogens is 1. The summed E-state index contributed by atoms with van der Waals surface area (Å²) in [6.07, 6.45) is 0. The quantitative estimate of drug-likeness (QED) is 0.646. The van der Waals surface area contributed by atoms with Crippen molar-refractivity contribution in [2.45, 2.75) is 13.8 Å². The van der Waals surface area contributed by atoms with Gasteiger partial charge in [0.1, 0.15) is 5.69 Å². The number of nitrogens with zero attached hydrogens (tertiary/aromatic N) is 1. The van der Waals surface area contributed by atoms with Crippen LogP contribution in [0.3, 0.4) is 0 Å². The highest BCUT2D eigenvalue weighted by Crippen LogP contribution is 2.11. The normalized spacial score (nSPS) is 11.1. The molecule has 0 fully saturated rings. The number of nitrogens with one attached hydrogen (secondary N) is 2. The van der Waals surface area contributed by atoms with E-state index in [1.54, 1.807) is 13.8 Å². The van der Waals surface area contributed by atoms with Gasteiger partial charge in [-0.25, -0.2) is 22.9 Å². The Bertz CT molecular complexity index is 597. The zero-order valence-corrected chi connectivity index (χ0v) is 13.3. The van der Waals surface area contributed by atoms with Crippen molar-refractivity contribution in [3.63, 3.8) is 0 Å². The highest BCUT2D eigenvalue weighted by molar-refractivity contribution is 7.89. The summed E-state index contributed by atoms with van der Waals surface area (Å²) in [5.74, 6) is -1.34. The first-order valence-electron chi connectivity index (χ1n) is 6.27. The molecule has 0 saturated carbocycles. The van der Waals surface area contributed by atoms with Crippen LogP contribution in [-0.2, 0) is 14.8 Å². The molecule has 1 rings (SSSR count). The third-order valence-corrected chi connectivity index (χ3v) is 4.50. The summed E-state index contributed by atoms with van der Waals surface area (Å²) in [6, 6.07) is 0. The third-order valence-electron chi connectivity index (χ3n) is 2.21. The lowest BCUT2D eigenvalue weighted by Crippen LogP contribution is -2.34. The monoisotopic (exact) mass is 335 g/mol. The Balaban J connectivity index is 2.51. The predicted molar refractivity (Wildman–Crippen MR) is 77.9 cm³/mol.